The Bertz CT molecular complexity index is 701. The molecule has 0 aliphatic carbocycles. The van der Waals surface area contributed by atoms with Gasteiger partial charge in [-0.25, -0.2) is 8.42 Å². The van der Waals surface area contributed by atoms with E-state index in [1.54, 1.807) is 36.4 Å². The third-order valence-corrected chi connectivity index (χ3v) is 4.69. The minimum Gasteiger partial charge on any atom is -0.491 e. The van der Waals surface area contributed by atoms with Crippen LogP contribution in [0.3, 0.4) is 0 Å². The summed E-state index contributed by atoms with van der Waals surface area (Å²) in [4.78, 5) is 0.134. The number of ether oxygens (including phenoxy) is 1. The van der Waals surface area contributed by atoms with Crippen molar-refractivity contribution in [1.82, 2.24) is 0 Å². The van der Waals surface area contributed by atoms with E-state index >= 15 is 0 Å². The van der Waals surface area contributed by atoms with Crippen molar-refractivity contribution in [2.24, 2.45) is 0 Å². The number of aliphatic hydroxyl groups excluding tert-OH is 1. The molecule has 2 aromatic carbocycles. The van der Waals surface area contributed by atoms with E-state index in [-0.39, 0.29) is 18.1 Å². The number of aliphatic hydroxyl groups is 1. The molecular formula is C14H14BrNO4S. The fraction of sp³-hybridized carbons (Fsp3) is 0.143. The molecule has 2 N–H and O–H groups in total. The third kappa shape index (κ3) is 4.20. The molecule has 0 saturated heterocycles. The van der Waals surface area contributed by atoms with Gasteiger partial charge in [0.1, 0.15) is 12.4 Å². The first-order valence-corrected chi connectivity index (χ1v) is 8.41. The van der Waals surface area contributed by atoms with E-state index < -0.39 is 10.0 Å². The Labute approximate surface area is 131 Å². The van der Waals surface area contributed by atoms with Crippen LogP contribution in [0.2, 0.25) is 0 Å². The van der Waals surface area contributed by atoms with E-state index in [9.17, 15) is 8.42 Å². The highest BCUT2D eigenvalue weighted by Crippen LogP contribution is 2.25. The topological polar surface area (TPSA) is 75.6 Å². The molecule has 7 heteroatoms. The molecule has 0 heterocycles. The van der Waals surface area contributed by atoms with Gasteiger partial charge in [-0.2, -0.15) is 0 Å². The van der Waals surface area contributed by atoms with Crippen LogP contribution in [0.4, 0.5) is 5.69 Å². The Hall–Kier alpha value is -1.57. The summed E-state index contributed by atoms with van der Waals surface area (Å²) >= 11 is 3.29. The molecule has 0 atom stereocenters. The van der Waals surface area contributed by atoms with Gasteiger partial charge in [0.15, 0.2) is 0 Å². The monoisotopic (exact) mass is 371 g/mol. The Balaban J connectivity index is 2.18. The smallest absolute Gasteiger partial charge is 0.261 e. The van der Waals surface area contributed by atoms with Crippen molar-refractivity contribution in [3.63, 3.8) is 0 Å². The first kappa shape index (κ1) is 15.8. The quantitative estimate of drug-likeness (QED) is 0.818. The fourth-order valence-electron chi connectivity index (χ4n) is 1.63. The SMILES string of the molecule is O=S(=O)(Nc1ccccc1Br)c1ccc(OCCO)cc1. The minimum absolute atomic E-state index is 0.0936. The van der Waals surface area contributed by atoms with E-state index in [0.717, 1.165) is 0 Å². The number of rotatable bonds is 6. The molecule has 0 bridgehead atoms. The molecule has 0 aromatic heterocycles. The predicted molar refractivity (Wildman–Crippen MR) is 84.0 cm³/mol. The van der Waals surface area contributed by atoms with Gasteiger partial charge in [0.25, 0.3) is 10.0 Å². The summed E-state index contributed by atoms with van der Waals surface area (Å²) in [5, 5.41) is 8.67. The average Bonchev–Trinajstić information content (AvgIpc) is 2.48. The van der Waals surface area contributed by atoms with Crippen molar-refractivity contribution in [3.8, 4) is 5.75 Å². The van der Waals surface area contributed by atoms with Gasteiger partial charge in [-0.05, 0) is 52.3 Å². The molecule has 112 valence electrons. The lowest BCUT2D eigenvalue weighted by molar-refractivity contribution is 0.201. The molecule has 21 heavy (non-hydrogen) atoms. The van der Waals surface area contributed by atoms with Crippen molar-refractivity contribution < 1.29 is 18.3 Å². The highest BCUT2D eigenvalue weighted by molar-refractivity contribution is 9.10. The van der Waals surface area contributed by atoms with Crippen LogP contribution in [0, 0.1) is 0 Å². The molecule has 2 aromatic rings. The van der Waals surface area contributed by atoms with Crippen LogP contribution in [0.5, 0.6) is 5.75 Å². The van der Waals surface area contributed by atoms with Crippen LogP contribution in [-0.2, 0) is 10.0 Å². The lowest BCUT2D eigenvalue weighted by atomic mass is 10.3. The van der Waals surface area contributed by atoms with Crippen LogP contribution < -0.4 is 9.46 Å². The number of nitrogens with one attached hydrogen (secondary N) is 1. The van der Waals surface area contributed by atoms with Gasteiger partial charge in [-0.3, -0.25) is 4.72 Å². The summed E-state index contributed by atoms with van der Waals surface area (Å²) < 4.78 is 32.9. The summed E-state index contributed by atoms with van der Waals surface area (Å²) in [5.74, 6) is 0.504. The Morgan fingerprint density at radius 2 is 1.76 bits per heavy atom. The third-order valence-electron chi connectivity index (χ3n) is 2.61. The zero-order valence-corrected chi connectivity index (χ0v) is 13.4. The van der Waals surface area contributed by atoms with Crippen molar-refractivity contribution in [1.29, 1.82) is 0 Å². The van der Waals surface area contributed by atoms with Gasteiger partial charge >= 0.3 is 0 Å². The first-order chi connectivity index (χ1) is 10.0. The summed E-state index contributed by atoms with van der Waals surface area (Å²) in [7, 11) is -3.66. The van der Waals surface area contributed by atoms with Crippen molar-refractivity contribution in [2.75, 3.05) is 17.9 Å². The van der Waals surface area contributed by atoms with E-state index in [0.29, 0.717) is 15.9 Å². The second-order valence-corrected chi connectivity index (χ2v) is 6.67. The summed E-state index contributed by atoms with van der Waals surface area (Å²) in [6, 6.07) is 13.0. The molecule has 0 fully saturated rings. The zero-order chi connectivity index (χ0) is 15.3. The minimum atomic E-state index is -3.66. The summed E-state index contributed by atoms with van der Waals surface area (Å²) in [6.07, 6.45) is 0. The normalized spacial score (nSPS) is 11.1. The van der Waals surface area contributed by atoms with Crippen LogP contribution in [0.25, 0.3) is 0 Å². The van der Waals surface area contributed by atoms with E-state index in [1.165, 1.54) is 12.1 Å². The highest BCUT2D eigenvalue weighted by Gasteiger charge is 2.15. The molecule has 0 aliphatic rings. The van der Waals surface area contributed by atoms with Crippen LogP contribution in [0.1, 0.15) is 0 Å². The van der Waals surface area contributed by atoms with Gasteiger partial charge < -0.3 is 9.84 Å². The number of anilines is 1. The lowest BCUT2D eigenvalue weighted by Gasteiger charge is -2.10. The van der Waals surface area contributed by atoms with E-state index in [1.807, 2.05) is 0 Å². The van der Waals surface area contributed by atoms with Crippen molar-refractivity contribution >= 4 is 31.6 Å². The number of hydrogen-bond donors (Lipinski definition) is 2. The van der Waals surface area contributed by atoms with Crippen molar-refractivity contribution in [2.45, 2.75) is 4.90 Å². The van der Waals surface area contributed by atoms with Crippen LogP contribution in [0.15, 0.2) is 57.9 Å². The van der Waals surface area contributed by atoms with Crippen molar-refractivity contribution in [3.05, 3.63) is 53.0 Å². The molecule has 0 radical (unpaired) electrons. The Morgan fingerprint density at radius 1 is 1.10 bits per heavy atom. The molecule has 0 spiro atoms. The van der Waals surface area contributed by atoms with Crippen LogP contribution in [-0.4, -0.2) is 26.7 Å². The zero-order valence-electron chi connectivity index (χ0n) is 11.0. The second kappa shape index (κ2) is 6.93. The predicted octanol–water partition coefficient (Wildman–Crippen LogP) is 2.62. The molecule has 0 saturated carbocycles. The molecular weight excluding hydrogens is 358 g/mol. The molecule has 0 amide bonds. The van der Waals surface area contributed by atoms with Gasteiger partial charge in [0.05, 0.1) is 17.2 Å². The number of halogens is 1. The van der Waals surface area contributed by atoms with E-state index in [2.05, 4.69) is 20.7 Å². The maximum Gasteiger partial charge on any atom is 0.261 e. The average molecular weight is 372 g/mol. The maximum absolute atomic E-state index is 12.3. The standard InChI is InChI=1S/C14H14BrNO4S/c15-13-3-1-2-4-14(13)16-21(18,19)12-7-5-11(6-8-12)20-10-9-17/h1-8,16-17H,9-10H2. The van der Waals surface area contributed by atoms with Gasteiger partial charge in [0, 0.05) is 4.47 Å². The second-order valence-electron chi connectivity index (χ2n) is 4.13. The number of para-hydroxylation sites is 1. The Kier molecular flexibility index (Phi) is 5.22. The number of hydrogen-bond acceptors (Lipinski definition) is 4. The number of sulfonamides is 1. The van der Waals surface area contributed by atoms with E-state index in [4.69, 9.17) is 9.84 Å². The molecule has 0 unspecified atom stereocenters. The summed E-state index contributed by atoms with van der Waals surface area (Å²) in [5.41, 5.74) is 0.470. The molecule has 0 aliphatic heterocycles. The van der Waals surface area contributed by atoms with Gasteiger partial charge in [-0.1, -0.05) is 12.1 Å². The molecule has 5 nitrogen and oxygen atoms in total. The van der Waals surface area contributed by atoms with Gasteiger partial charge in [-0.15, -0.1) is 0 Å². The molecule has 2 rings (SSSR count). The van der Waals surface area contributed by atoms with Gasteiger partial charge in [0.2, 0.25) is 0 Å². The van der Waals surface area contributed by atoms with Crippen LogP contribution >= 0.6 is 15.9 Å². The Morgan fingerprint density at radius 3 is 2.38 bits per heavy atom. The fourth-order valence-corrected chi connectivity index (χ4v) is 3.22. The highest BCUT2D eigenvalue weighted by atomic mass is 79.9. The summed E-state index contributed by atoms with van der Waals surface area (Å²) in [6.45, 7) is 0.0744. The maximum atomic E-state index is 12.3. The first-order valence-electron chi connectivity index (χ1n) is 6.14. The number of benzene rings is 2. The largest absolute Gasteiger partial charge is 0.491 e. The lowest BCUT2D eigenvalue weighted by Crippen LogP contribution is -2.13.